The number of hydrogen-bond acceptors (Lipinski definition) is 3. The van der Waals surface area contributed by atoms with Gasteiger partial charge in [-0.05, 0) is 93.9 Å². The molecule has 1 atom stereocenters. The lowest BCUT2D eigenvalue weighted by Crippen LogP contribution is -2.10. The maximum Gasteiger partial charge on any atom is 0.143 e. The lowest BCUT2D eigenvalue weighted by Gasteiger charge is -2.26. The van der Waals surface area contributed by atoms with Crippen LogP contribution in [0.3, 0.4) is 0 Å². The van der Waals surface area contributed by atoms with Crippen molar-refractivity contribution < 1.29 is 8.83 Å². The second-order valence-electron chi connectivity index (χ2n) is 16.4. The van der Waals surface area contributed by atoms with E-state index in [1.165, 1.54) is 38.6 Å². The van der Waals surface area contributed by atoms with Crippen molar-refractivity contribution >= 4 is 66.5 Å². The van der Waals surface area contributed by atoms with Crippen LogP contribution in [-0.4, -0.2) is 0 Å². The first kappa shape index (κ1) is 36.7. The molecule has 0 amide bonds. The molecule has 9 aromatic carbocycles. The molecule has 1 aliphatic carbocycles. The summed E-state index contributed by atoms with van der Waals surface area (Å²) in [7, 11) is 0. The lowest BCUT2D eigenvalue weighted by molar-refractivity contribution is 0.657. The van der Waals surface area contributed by atoms with Crippen molar-refractivity contribution in [3.05, 3.63) is 242 Å². The van der Waals surface area contributed by atoms with E-state index >= 15 is 0 Å². The summed E-state index contributed by atoms with van der Waals surface area (Å²) in [5, 5.41) is 4.63. The number of nitrogens with zero attached hydrogens (tertiary/aromatic N) is 1. The summed E-state index contributed by atoms with van der Waals surface area (Å²) in [6.45, 7) is 0. The van der Waals surface area contributed by atoms with Gasteiger partial charge in [0.15, 0.2) is 0 Å². The second kappa shape index (κ2) is 15.4. The number of allylic oxidation sites excluding steroid dienone is 4. The molecule has 0 bridgehead atoms. The maximum absolute atomic E-state index is 6.39. The Hall–Kier alpha value is -8.14. The number of para-hydroxylation sites is 4. The Morgan fingerprint density at radius 1 is 0.365 bits per heavy atom. The van der Waals surface area contributed by atoms with E-state index in [0.717, 1.165) is 78.8 Å². The fourth-order valence-electron chi connectivity index (χ4n) is 9.43. The van der Waals surface area contributed by atoms with Crippen LogP contribution >= 0.6 is 0 Å². The first-order valence-corrected chi connectivity index (χ1v) is 21.7. The molecule has 0 saturated carbocycles. The maximum atomic E-state index is 6.39. The zero-order chi connectivity index (χ0) is 41.7. The predicted molar refractivity (Wildman–Crippen MR) is 263 cm³/mol. The molecule has 1 unspecified atom stereocenters. The van der Waals surface area contributed by atoms with E-state index in [2.05, 4.69) is 217 Å². The molecule has 0 N–H and O–H groups in total. The summed E-state index contributed by atoms with van der Waals surface area (Å²) in [6, 6.07) is 75.6. The van der Waals surface area contributed by atoms with Crippen LogP contribution in [0.25, 0.3) is 82.8 Å². The summed E-state index contributed by atoms with van der Waals surface area (Å²) >= 11 is 0. The molecule has 2 heterocycles. The minimum atomic E-state index is 0.255. The molecule has 0 aliphatic heterocycles. The van der Waals surface area contributed by atoms with E-state index in [-0.39, 0.29) is 5.92 Å². The van der Waals surface area contributed by atoms with Crippen LogP contribution in [0.15, 0.2) is 239 Å². The molecular weight excluding hydrogens is 767 g/mol. The van der Waals surface area contributed by atoms with Crippen molar-refractivity contribution in [2.45, 2.75) is 12.3 Å². The summed E-state index contributed by atoms with van der Waals surface area (Å²) in [5.41, 5.74) is 17.7. The standard InChI is InChI=1S/C60H41NO2/c1-2-10-40(11-3-1)43-28-34-48(35-29-43)61(49-36-30-44(31-37-49)41-20-24-46(25-21-41)51-14-8-16-55-53-12-4-6-18-57(53)62-59(51)55)50-38-32-45(33-39-50)42-22-26-47(27-23-42)52-15-9-17-56-54-13-5-7-19-58(54)63-60(52)56/h1-26,28-39,47H,27H2. The fourth-order valence-corrected chi connectivity index (χ4v) is 9.43. The van der Waals surface area contributed by atoms with E-state index < -0.39 is 0 Å². The first-order chi connectivity index (χ1) is 31.2. The molecule has 11 aromatic rings. The third kappa shape index (κ3) is 6.63. The SMILES string of the molecule is C1=CC(c2cccc3c2oc2ccccc23)CC=C1c1ccc(N(c2ccc(-c3ccccc3)cc2)c2ccc(-c3ccc(-c4cccc5c4oc4ccccc45)cc3)cc2)cc1. The van der Waals surface area contributed by atoms with E-state index in [1.54, 1.807) is 0 Å². The average molecular weight is 808 g/mol. The number of fused-ring (bicyclic) bond motifs is 6. The van der Waals surface area contributed by atoms with Crippen LogP contribution in [0, 0.1) is 0 Å². The van der Waals surface area contributed by atoms with Gasteiger partial charge >= 0.3 is 0 Å². The predicted octanol–water partition coefficient (Wildman–Crippen LogP) is 17.1. The van der Waals surface area contributed by atoms with Crippen LogP contribution < -0.4 is 4.90 Å². The van der Waals surface area contributed by atoms with E-state index in [0.29, 0.717) is 0 Å². The van der Waals surface area contributed by atoms with Crippen LogP contribution in [0.4, 0.5) is 17.1 Å². The van der Waals surface area contributed by atoms with Crippen LogP contribution in [0.2, 0.25) is 0 Å². The molecule has 2 aromatic heterocycles. The Kier molecular flexibility index (Phi) is 8.97. The number of anilines is 3. The minimum Gasteiger partial charge on any atom is -0.456 e. The Balaban J connectivity index is 0.830. The Morgan fingerprint density at radius 3 is 1.41 bits per heavy atom. The normalized spacial score (nSPS) is 13.8. The van der Waals surface area contributed by atoms with Gasteiger partial charge in [0.05, 0.1) is 0 Å². The van der Waals surface area contributed by atoms with Gasteiger partial charge in [-0.25, -0.2) is 0 Å². The molecule has 0 fully saturated rings. The van der Waals surface area contributed by atoms with Crippen LogP contribution in [0.5, 0.6) is 0 Å². The monoisotopic (exact) mass is 807 g/mol. The van der Waals surface area contributed by atoms with Gasteiger partial charge in [0, 0.05) is 55.7 Å². The van der Waals surface area contributed by atoms with Gasteiger partial charge in [-0.3, -0.25) is 0 Å². The molecule has 12 rings (SSSR count). The summed E-state index contributed by atoms with van der Waals surface area (Å²) in [5.74, 6) is 0.255. The third-order valence-electron chi connectivity index (χ3n) is 12.7. The van der Waals surface area contributed by atoms with Crippen LogP contribution in [0.1, 0.15) is 23.5 Å². The van der Waals surface area contributed by atoms with Gasteiger partial charge in [0.25, 0.3) is 0 Å². The molecule has 0 saturated heterocycles. The van der Waals surface area contributed by atoms with Gasteiger partial charge < -0.3 is 13.7 Å². The third-order valence-corrected chi connectivity index (χ3v) is 12.7. The highest BCUT2D eigenvalue weighted by molar-refractivity contribution is 6.09. The molecule has 0 radical (unpaired) electrons. The Morgan fingerprint density at radius 2 is 0.825 bits per heavy atom. The smallest absolute Gasteiger partial charge is 0.143 e. The van der Waals surface area contributed by atoms with Gasteiger partial charge in [-0.15, -0.1) is 0 Å². The molecule has 63 heavy (non-hydrogen) atoms. The first-order valence-electron chi connectivity index (χ1n) is 21.7. The highest BCUT2D eigenvalue weighted by Gasteiger charge is 2.20. The fraction of sp³-hybridized carbons (Fsp3) is 0.0333. The molecule has 3 heteroatoms. The summed E-state index contributed by atoms with van der Waals surface area (Å²) in [4.78, 5) is 2.34. The number of benzene rings is 9. The van der Waals surface area contributed by atoms with Crippen molar-refractivity contribution in [1.82, 2.24) is 0 Å². The number of rotatable bonds is 8. The Bertz CT molecular complexity index is 3500. The summed E-state index contributed by atoms with van der Waals surface area (Å²) < 4.78 is 12.7. The topological polar surface area (TPSA) is 29.5 Å². The van der Waals surface area contributed by atoms with E-state index in [4.69, 9.17) is 8.83 Å². The van der Waals surface area contributed by atoms with E-state index in [1.807, 2.05) is 18.2 Å². The molecule has 0 spiro atoms. The highest BCUT2D eigenvalue weighted by atomic mass is 16.3. The minimum absolute atomic E-state index is 0.255. The second-order valence-corrected chi connectivity index (χ2v) is 16.4. The molecule has 298 valence electrons. The van der Waals surface area contributed by atoms with Crippen molar-refractivity contribution in [1.29, 1.82) is 0 Å². The van der Waals surface area contributed by atoms with Gasteiger partial charge in [0.1, 0.15) is 22.3 Å². The highest BCUT2D eigenvalue weighted by Crippen LogP contribution is 2.41. The zero-order valence-corrected chi connectivity index (χ0v) is 34.5. The van der Waals surface area contributed by atoms with Gasteiger partial charge in [-0.2, -0.15) is 0 Å². The molecule has 1 aliphatic rings. The van der Waals surface area contributed by atoms with Gasteiger partial charge in [-0.1, -0.05) is 182 Å². The summed E-state index contributed by atoms with van der Waals surface area (Å²) in [6.07, 6.45) is 7.89. The van der Waals surface area contributed by atoms with Crippen molar-refractivity contribution in [2.75, 3.05) is 4.90 Å². The largest absolute Gasteiger partial charge is 0.456 e. The Labute approximate surface area is 366 Å². The van der Waals surface area contributed by atoms with Crippen molar-refractivity contribution in [2.24, 2.45) is 0 Å². The lowest BCUT2D eigenvalue weighted by atomic mass is 9.87. The van der Waals surface area contributed by atoms with Gasteiger partial charge in [0.2, 0.25) is 0 Å². The van der Waals surface area contributed by atoms with E-state index in [9.17, 15) is 0 Å². The van der Waals surface area contributed by atoms with Crippen LogP contribution in [-0.2, 0) is 0 Å². The zero-order valence-electron chi connectivity index (χ0n) is 34.5. The number of hydrogen-bond donors (Lipinski definition) is 0. The number of furan rings is 2. The average Bonchev–Trinajstić information content (AvgIpc) is 3.94. The molecule has 3 nitrogen and oxygen atoms in total. The van der Waals surface area contributed by atoms with Crippen molar-refractivity contribution in [3.8, 4) is 33.4 Å². The quantitative estimate of drug-likeness (QED) is 0.153. The molecular formula is C60H41NO2. The van der Waals surface area contributed by atoms with Crippen molar-refractivity contribution in [3.63, 3.8) is 0 Å².